The SMILES string of the molecule is Cc1c(C(=O)N2CCCc3ccccc32)cnn1-c1ccccc1F. The summed E-state index contributed by atoms with van der Waals surface area (Å²) in [5.74, 6) is -0.455. The fourth-order valence-electron chi connectivity index (χ4n) is 3.38. The van der Waals surface area contributed by atoms with Crippen LogP contribution >= 0.6 is 0 Å². The predicted octanol–water partition coefficient (Wildman–Crippen LogP) is 3.91. The topological polar surface area (TPSA) is 38.1 Å². The molecule has 1 aliphatic rings. The number of para-hydroxylation sites is 2. The largest absolute Gasteiger partial charge is 0.308 e. The van der Waals surface area contributed by atoms with Crippen LogP contribution in [0.5, 0.6) is 0 Å². The van der Waals surface area contributed by atoms with E-state index < -0.39 is 0 Å². The van der Waals surface area contributed by atoms with Crippen LogP contribution in [0.4, 0.5) is 10.1 Å². The summed E-state index contributed by atoms with van der Waals surface area (Å²) in [6.45, 7) is 2.47. The molecule has 2 heterocycles. The number of benzene rings is 2. The highest BCUT2D eigenvalue weighted by atomic mass is 19.1. The molecule has 0 bridgehead atoms. The van der Waals surface area contributed by atoms with Crippen LogP contribution in [-0.2, 0) is 6.42 Å². The average Bonchev–Trinajstić information content (AvgIpc) is 3.02. The summed E-state index contributed by atoms with van der Waals surface area (Å²) in [5.41, 5.74) is 3.62. The number of aromatic nitrogens is 2. The zero-order valence-electron chi connectivity index (χ0n) is 13.9. The van der Waals surface area contributed by atoms with Crippen molar-refractivity contribution in [3.8, 4) is 5.69 Å². The molecule has 0 unspecified atom stereocenters. The minimum atomic E-state index is -0.365. The molecule has 1 amide bonds. The molecule has 3 aromatic rings. The first-order chi connectivity index (χ1) is 12.2. The van der Waals surface area contributed by atoms with E-state index in [1.54, 1.807) is 30.0 Å². The van der Waals surface area contributed by atoms with Gasteiger partial charge in [0.15, 0.2) is 0 Å². The quantitative estimate of drug-likeness (QED) is 0.712. The lowest BCUT2D eigenvalue weighted by atomic mass is 10.0. The Morgan fingerprint density at radius 2 is 1.80 bits per heavy atom. The van der Waals surface area contributed by atoms with E-state index in [0.717, 1.165) is 18.5 Å². The van der Waals surface area contributed by atoms with Crippen molar-refractivity contribution in [2.75, 3.05) is 11.4 Å². The van der Waals surface area contributed by atoms with Crippen LogP contribution in [0.3, 0.4) is 0 Å². The third-order valence-corrected chi connectivity index (χ3v) is 4.68. The summed E-state index contributed by atoms with van der Waals surface area (Å²) >= 11 is 0. The van der Waals surface area contributed by atoms with Crippen LogP contribution in [0.15, 0.2) is 54.7 Å². The van der Waals surface area contributed by atoms with Crippen LogP contribution in [-0.4, -0.2) is 22.2 Å². The number of carbonyl (C=O) groups is 1. The number of halogens is 1. The van der Waals surface area contributed by atoms with Gasteiger partial charge in [0.2, 0.25) is 0 Å². The lowest BCUT2D eigenvalue weighted by molar-refractivity contribution is 0.0984. The summed E-state index contributed by atoms with van der Waals surface area (Å²) in [5, 5.41) is 4.25. The van der Waals surface area contributed by atoms with E-state index in [-0.39, 0.29) is 11.7 Å². The van der Waals surface area contributed by atoms with E-state index in [9.17, 15) is 9.18 Å². The van der Waals surface area contributed by atoms with Crippen molar-refractivity contribution in [2.45, 2.75) is 19.8 Å². The third-order valence-electron chi connectivity index (χ3n) is 4.68. The molecule has 0 N–H and O–H groups in total. The normalized spacial score (nSPS) is 13.6. The van der Waals surface area contributed by atoms with Crippen molar-refractivity contribution < 1.29 is 9.18 Å². The predicted molar refractivity (Wildman–Crippen MR) is 94.7 cm³/mol. The molecule has 126 valence electrons. The van der Waals surface area contributed by atoms with Crippen molar-refractivity contribution >= 4 is 11.6 Å². The maximum atomic E-state index is 14.1. The van der Waals surface area contributed by atoms with Crippen LogP contribution in [0.2, 0.25) is 0 Å². The zero-order valence-corrected chi connectivity index (χ0v) is 13.9. The lowest BCUT2D eigenvalue weighted by Crippen LogP contribution is -2.35. The maximum absolute atomic E-state index is 14.1. The molecule has 0 fully saturated rings. The number of carbonyl (C=O) groups excluding carboxylic acids is 1. The molecule has 0 saturated heterocycles. The van der Waals surface area contributed by atoms with Crippen molar-refractivity contribution in [1.82, 2.24) is 9.78 Å². The highest BCUT2D eigenvalue weighted by Crippen LogP contribution is 2.29. The van der Waals surface area contributed by atoms with Crippen LogP contribution in [0.25, 0.3) is 5.69 Å². The second-order valence-electron chi connectivity index (χ2n) is 6.20. The number of rotatable bonds is 2. The van der Waals surface area contributed by atoms with Gasteiger partial charge in [-0.2, -0.15) is 5.10 Å². The smallest absolute Gasteiger partial charge is 0.261 e. The van der Waals surface area contributed by atoms with E-state index in [2.05, 4.69) is 11.2 Å². The van der Waals surface area contributed by atoms with E-state index >= 15 is 0 Å². The van der Waals surface area contributed by atoms with E-state index in [1.807, 2.05) is 18.2 Å². The van der Waals surface area contributed by atoms with Crippen LogP contribution in [0, 0.1) is 12.7 Å². The van der Waals surface area contributed by atoms with Gasteiger partial charge in [-0.05, 0) is 43.5 Å². The average molecular weight is 335 g/mol. The lowest BCUT2D eigenvalue weighted by Gasteiger charge is -2.29. The van der Waals surface area contributed by atoms with E-state index in [1.165, 1.54) is 22.5 Å². The van der Waals surface area contributed by atoms with E-state index in [0.29, 0.717) is 23.5 Å². The third kappa shape index (κ3) is 2.61. The first kappa shape index (κ1) is 15.6. The van der Waals surface area contributed by atoms with Gasteiger partial charge in [-0.3, -0.25) is 4.79 Å². The molecule has 0 radical (unpaired) electrons. The molecule has 0 atom stereocenters. The Balaban J connectivity index is 1.73. The number of fused-ring (bicyclic) bond motifs is 1. The van der Waals surface area contributed by atoms with Gasteiger partial charge in [0, 0.05) is 12.2 Å². The van der Waals surface area contributed by atoms with Crippen molar-refractivity contribution in [3.63, 3.8) is 0 Å². The molecule has 4 nitrogen and oxygen atoms in total. The number of amides is 1. The first-order valence-corrected chi connectivity index (χ1v) is 8.36. The number of hydrogen-bond donors (Lipinski definition) is 0. The van der Waals surface area contributed by atoms with Gasteiger partial charge < -0.3 is 4.90 Å². The molecule has 25 heavy (non-hydrogen) atoms. The zero-order chi connectivity index (χ0) is 17.4. The van der Waals surface area contributed by atoms with E-state index in [4.69, 9.17) is 0 Å². The van der Waals surface area contributed by atoms with Crippen LogP contribution < -0.4 is 4.90 Å². The fraction of sp³-hybridized carbons (Fsp3) is 0.200. The molecule has 0 spiro atoms. The van der Waals surface area contributed by atoms with Gasteiger partial charge >= 0.3 is 0 Å². The number of hydrogen-bond acceptors (Lipinski definition) is 2. The maximum Gasteiger partial charge on any atom is 0.261 e. The summed E-state index contributed by atoms with van der Waals surface area (Å²) in [4.78, 5) is 14.9. The van der Waals surface area contributed by atoms with Gasteiger partial charge in [-0.25, -0.2) is 9.07 Å². The highest BCUT2D eigenvalue weighted by Gasteiger charge is 2.26. The minimum Gasteiger partial charge on any atom is -0.308 e. The molecular weight excluding hydrogens is 317 g/mol. The number of nitrogens with zero attached hydrogens (tertiary/aromatic N) is 3. The molecule has 1 aliphatic heterocycles. The highest BCUT2D eigenvalue weighted by molar-refractivity contribution is 6.07. The summed E-state index contributed by atoms with van der Waals surface area (Å²) in [7, 11) is 0. The molecule has 2 aromatic carbocycles. The number of anilines is 1. The Bertz CT molecular complexity index is 948. The number of aryl methyl sites for hydroxylation is 1. The van der Waals surface area contributed by atoms with Gasteiger partial charge in [-0.15, -0.1) is 0 Å². The molecule has 4 rings (SSSR count). The Hall–Kier alpha value is -2.95. The second kappa shape index (κ2) is 6.16. The molecule has 1 aromatic heterocycles. The molecule has 0 aliphatic carbocycles. The standard InChI is InChI=1S/C20H18FN3O/c1-14-16(13-22-24(14)19-11-5-3-9-17(19)21)20(25)23-12-6-8-15-7-2-4-10-18(15)23/h2-5,7,9-11,13H,6,8,12H2,1H3. The van der Waals surface area contributed by atoms with Gasteiger partial charge in [-0.1, -0.05) is 30.3 Å². The summed E-state index contributed by atoms with van der Waals surface area (Å²) < 4.78 is 15.5. The van der Waals surface area contributed by atoms with Crippen LogP contribution in [0.1, 0.15) is 28.0 Å². The Kier molecular flexibility index (Phi) is 3.84. The van der Waals surface area contributed by atoms with Crippen molar-refractivity contribution in [3.05, 3.63) is 77.4 Å². The minimum absolute atomic E-state index is 0.0905. The summed E-state index contributed by atoms with van der Waals surface area (Å²) in [6.07, 6.45) is 3.44. The molecular formula is C20H18FN3O. The first-order valence-electron chi connectivity index (χ1n) is 8.36. The van der Waals surface area contributed by atoms with Gasteiger partial charge in [0.05, 0.1) is 17.5 Å². The Morgan fingerprint density at radius 3 is 2.60 bits per heavy atom. The van der Waals surface area contributed by atoms with Crippen molar-refractivity contribution in [2.24, 2.45) is 0 Å². The Labute approximate surface area is 145 Å². The summed E-state index contributed by atoms with van der Waals surface area (Å²) in [6, 6.07) is 14.4. The molecule has 0 saturated carbocycles. The Morgan fingerprint density at radius 1 is 1.08 bits per heavy atom. The van der Waals surface area contributed by atoms with Gasteiger partial charge in [0.25, 0.3) is 5.91 Å². The second-order valence-corrected chi connectivity index (χ2v) is 6.20. The fourth-order valence-corrected chi connectivity index (χ4v) is 3.38. The monoisotopic (exact) mass is 335 g/mol. The molecule has 5 heteroatoms. The van der Waals surface area contributed by atoms with Crippen molar-refractivity contribution in [1.29, 1.82) is 0 Å². The van der Waals surface area contributed by atoms with Gasteiger partial charge in [0.1, 0.15) is 11.5 Å².